The molecule has 0 atom stereocenters. The maximum atomic E-state index is 6.13. The van der Waals surface area contributed by atoms with E-state index in [1.54, 1.807) is 6.07 Å². The summed E-state index contributed by atoms with van der Waals surface area (Å²) in [5.74, 6) is 3.06. The van der Waals surface area contributed by atoms with Crippen LogP contribution in [-0.2, 0) is 0 Å². The first-order valence-corrected chi connectivity index (χ1v) is 9.73. The van der Waals surface area contributed by atoms with E-state index in [-0.39, 0.29) is 0 Å². The first-order valence-electron chi connectivity index (χ1n) is 4.68. The number of hydrogen-bond acceptors (Lipinski definition) is 1. The Bertz CT molecular complexity index is 483. The standard InChI is InChI=1S/C11H12BrCl2NSi/c1-16(2,3)5-4-7-9(15)6-8(13)10(12)11(7)14/h6H,15H2,1-3H3. The summed E-state index contributed by atoms with van der Waals surface area (Å²) in [6.45, 7) is 6.49. The monoisotopic (exact) mass is 335 g/mol. The van der Waals surface area contributed by atoms with Crippen molar-refractivity contribution in [3.05, 3.63) is 26.1 Å². The van der Waals surface area contributed by atoms with Crippen molar-refractivity contribution >= 4 is 52.9 Å². The van der Waals surface area contributed by atoms with Gasteiger partial charge in [0.25, 0.3) is 0 Å². The molecule has 0 aromatic heterocycles. The summed E-state index contributed by atoms with van der Waals surface area (Å²) >= 11 is 15.4. The second-order valence-corrected chi connectivity index (χ2v) is 10.8. The van der Waals surface area contributed by atoms with Gasteiger partial charge in [-0.1, -0.05) is 48.8 Å². The van der Waals surface area contributed by atoms with Gasteiger partial charge in [0.2, 0.25) is 0 Å². The van der Waals surface area contributed by atoms with Crippen LogP contribution in [0, 0.1) is 11.5 Å². The van der Waals surface area contributed by atoms with Crippen molar-refractivity contribution in [2.75, 3.05) is 5.73 Å². The average molecular weight is 337 g/mol. The lowest BCUT2D eigenvalue weighted by molar-refractivity contribution is 1.58. The third kappa shape index (κ3) is 3.43. The lowest BCUT2D eigenvalue weighted by Crippen LogP contribution is -2.16. The lowest BCUT2D eigenvalue weighted by atomic mass is 10.2. The quantitative estimate of drug-likeness (QED) is 0.319. The molecule has 0 heterocycles. The third-order valence-electron chi connectivity index (χ3n) is 1.76. The molecule has 0 saturated heterocycles. The van der Waals surface area contributed by atoms with Crippen LogP contribution in [-0.4, -0.2) is 8.07 Å². The SMILES string of the molecule is C[Si](C)(C)C#Cc1c(N)cc(Cl)c(Br)c1Cl. The molecule has 5 heteroatoms. The summed E-state index contributed by atoms with van der Waals surface area (Å²) in [6.07, 6.45) is 0. The molecule has 0 spiro atoms. The highest BCUT2D eigenvalue weighted by molar-refractivity contribution is 9.10. The van der Waals surface area contributed by atoms with Gasteiger partial charge >= 0.3 is 0 Å². The highest BCUT2D eigenvalue weighted by Crippen LogP contribution is 2.36. The van der Waals surface area contributed by atoms with Crippen LogP contribution in [0.5, 0.6) is 0 Å². The number of benzene rings is 1. The average Bonchev–Trinajstić information content (AvgIpc) is 2.12. The van der Waals surface area contributed by atoms with Crippen molar-refractivity contribution in [1.29, 1.82) is 0 Å². The van der Waals surface area contributed by atoms with Gasteiger partial charge in [-0.3, -0.25) is 0 Å². The first-order chi connectivity index (χ1) is 7.22. The summed E-state index contributed by atoms with van der Waals surface area (Å²) in [6, 6.07) is 1.66. The molecule has 0 unspecified atom stereocenters. The molecule has 0 aliphatic carbocycles. The van der Waals surface area contributed by atoms with Crippen molar-refractivity contribution < 1.29 is 0 Å². The number of halogens is 3. The van der Waals surface area contributed by atoms with Crippen LogP contribution in [0.1, 0.15) is 5.56 Å². The maximum absolute atomic E-state index is 6.13. The highest BCUT2D eigenvalue weighted by atomic mass is 79.9. The molecule has 2 N–H and O–H groups in total. The van der Waals surface area contributed by atoms with E-state index in [2.05, 4.69) is 47.0 Å². The van der Waals surface area contributed by atoms with Crippen LogP contribution >= 0.6 is 39.1 Å². The van der Waals surface area contributed by atoms with Crippen molar-refractivity contribution in [2.45, 2.75) is 19.6 Å². The zero-order valence-corrected chi connectivity index (χ0v) is 13.4. The summed E-state index contributed by atoms with van der Waals surface area (Å²) in [5, 5.41) is 0.983. The second kappa shape index (κ2) is 5.01. The van der Waals surface area contributed by atoms with E-state index >= 15 is 0 Å². The van der Waals surface area contributed by atoms with E-state index in [0.29, 0.717) is 25.8 Å². The Morgan fingerprint density at radius 1 is 1.31 bits per heavy atom. The van der Waals surface area contributed by atoms with Gasteiger partial charge in [0.1, 0.15) is 8.07 Å². The van der Waals surface area contributed by atoms with Gasteiger partial charge in [-0.15, -0.1) is 5.54 Å². The van der Waals surface area contributed by atoms with Crippen molar-refractivity contribution in [3.8, 4) is 11.5 Å². The number of rotatable bonds is 0. The summed E-state index contributed by atoms with van der Waals surface area (Å²) in [7, 11) is -1.44. The number of anilines is 1. The van der Waals surface area contributed by atoms with E-state index in [0.717, 1.165) is 0 Å². The van der Waals surface area contributed by atoms with E-state index in [4.69, 9.17) is 28.9 Å². The van der Waals surface area contributed by atoms with Crippen LogP contribution in [0.2, 0.25) is 29.7 Å². The van der Waals surface area contributed by atoms with Gasteiger partial charge < -0.3 is 5.73 Å². The van der Waals surface area contributed by atoms with E-state index in [1.807, 2.05) is 0 Å². The van der Waals surface area contributed by atoms with Crippen LogP contribution in [0.15, 0.2) is 10.5 Å². The minimum atomic E-state index is -1.44. The molecule has 0 fully saturated rings. The molecule has 0 bridgehead atoms. The topological polar surface area (TPSA) is 26.0 Å². The predicted molar refractivity (Wildman–Crippen MR) is 78.8 cm³/mol. The van der Waals surface area contributed by atoms with Gasteiger partial charge in [-0.05, 0) is 22.0 Å². The Morgan fingerprint density at radius 3 is 2.38 bits per heavy atom. The lowest BCUT2D eigenvalue weighted by Gasteiger charge is -2.07. The van der Waals surface area contributed by atoms with Gasteiger partial charge in [0.05, 0.1) is 25.8 Å². The van der Waals surface area contributed by atoms with Gasteiger partial charge in [0.15, 0.2) is 0 Å². The molecule has 0 aliphatic rings. The van der Waals surface area contributed by atoms with Crippen molar-refractivity contribution in [2.24, 2.45) is 0 Å². The fraction of sp³-hybridized carbons (Fsp3) is 0.273. The molecule has 1 rings (SSSR count). The zero-order valence-electron chi connectivity index (χ0n) is 9.29. The molecule has 0 amide bonds. The van der Waals surface area contributed by atoms with Gasteiger partial charge in [-0.2, -0.15) is 0 Å². The van der Waals surface area contributed by atoms with Gasteiger partial charge in [0, 0.05) is 0 Å². The van der Waals surface area contributed by atoms with E-state index in [1.165, 1.54) is 0 Å². The Kier molecular flexibility index (Phi) is 4.36. The zero-order chi connectivity index (χ0) is 12.5. The molecule has 86 valence electrons. The number of nitrogen functional groups attached to an aromatic ring is 1. The highest BCUT2D eigenvalue weighted by Gasteiger charge is 2.12. The van der Waals surface area contributed by atoms with Crippen LogP contribution < -0.4 is 5.73 Å². The van der Waals surface area contributed by atoms with E-state index < -0.39 is 8.07 Å². The second-order valence-electron chi connectivity index (χ2n) is 4.45. The molecule has 1 nitrogen and oxygen atoms in total. The van der Waals surface area contributed by atoms with E-state index in [9.17, 15) is 0 Å². The fourth-order valence-electron chi connectivity index (χ4n) is 0.990. The van der Waals surface area contributed by atoms with Crippen LogP contribution in [0.3, 0.4) is 0 Å². The number of hydrogen-bond donors (Lipinski definition) is 1. The summed E-state index contributed by atoms with van der Waals surface area (Å²) in [5.41, 5.74) is 10.2. The molecular weight excluding hydrogens is 325 g/mol. The smallest absolute Gasteiger partial charge is 0.129 e. The van der Waals surface area contributed by atoms with Crippen LogP contribution in [0.25, 0.3) is 0 Å². The molecule has 0 aliphatic heterocycles. The molecule has 0 saturated carbocycles. The molecule has 1 aromatic rings. The Labute approximate surface area is 115 Å². The van der Waals surface area contributed by atoms with Crippen molar-refractivity contribution in [3.63, 3.8) is 0 Å². The third-order valence-corrected chi connectivity index (χ3v) is 4.59. The number of nitrogens with two attached hydrogens (primary N) is 1. The Balaban J connectivity index is 3.34. The first kappa shape index (κ1) is 13.9. The molecular formula is C11H12BrCl2NSi. The Hall–Kier alpha value is -0.143. The Morgan fingerprint density at radius 2 is 1.88 bits per heavy atom. The molecule has 1 aromatic carbocycles. The minimum absolute atomic E-state index is 0.482. The van der Waals surface area contributed by atoms with Crippen LogP contribution in [0.4, 0.5) is 5.69 Å². The summed E-state index contributed by atoms with van der Waals surface area (Å²) in [4.78, 5) is 0. The predicted octanol–water partition coefficient (Wildman–Crippen LogP) is 4.57. The maximum Gasteiger partial charge on any atom is 0.129 e. The summed E-state index contributed by atoms with van der Waals surface area (Å²) < 4.78 is 0.643. The largest absolute Gasteiger partial charge is 0.398 e. The fourth-order valence-corrected chi connectivity index (χ4v) is 2.32. The molecule has 16 heavy (non-hydrogen) atoms. The van der Waals surface area contributed by atoms with Crippen molar-refractivity contribution in [1.82, 2.24) is 0 Å². The minimum Gasteiger partial charge on any atom is -0.398 e. The normalized spacial score (nSPS) is 10.9. The molecule has 0 radical (unpaired) electrons. The van der Waals surface area contributed by atoms with Gasteiger partial charge in [-0.25, -0.2) is 0 Å².